The van der Waals surface area contributed by atoms with Crippen molar-refractivity contribution in [1.82, 2.24) is 25.1 Å². The molecular weight excluding hydrogens is 260 g/mol. The topological polar surface area (TPSA) is 109 Å². The summed E-state index contributed by atoms with van der Waals surface area (Å²) in [5.74, 6) is 1.07. The third-order valence-corrected chi connectivity index (χ3v) is 3.65. The van der Waals surface area contributed by atoms with Crippen LogP contribution in [0.25, 0.3) is 0 Å². The van der Waals surface area contributed by atoms with Gasteiger partial charge >= 0.3 is 0 Å². The number of piperazine rings is 1. The summed E-state index contributed by atoms with van der Waals surface area (Å²) in [5, 5.41) is 23.6. The molecule has 0 aromatic carbocycles. The van der Waals surface area contributed by atoms with Crippen LogP contribution in [0.15, 0.2) is 5.16 Å². The van der Waals surface area contributed by atoms with Crippen molar-refractivity contribution in [3.63, 3.8) is 0 Å². The number of oxime groups is 1. The highest BCUT2D eigenvalue weighted by atomic mass is 16.4. The van der Waals surface area contributed by atoms with E-state index < -0.39 is 0 Å². The van der Waals surface area contributed by atoms with Gasteiger partial charge in [0.05, 0.1) is 6.04 Å². The lowest BCUT2D eigenvalue weighted by molar-refractivity contribution is 0.210. The molecule has 3 N–H and O–H groups in total. The second-order valence-corrected chi connectivity index (χ2v) is 4.95. The van der Waals surface area contributed by atoms with E-state index in [-0.39, 0.29) is 6.04 Å². The third kappa shape index (κ3) is 2.98. The molecule has 1 aromatic rings. The summed E-state index contributed by atoms with van der Waals surface area (Å²) in [7, 11) is 1.83. The Kier molecular flexibility index (Phi) is 4.72. The Labute approximate surface area is 118 Å². The summed E-state index contributed by atoms with van der Waals surface area (Å²) in [4.78, 5) is 4.39. The molecule has 9 nitrogen and oxygen atoms in total. The Morgan fingerprint density at radius 2 is 2.10 bits per heavy atom. The molecule has 2 heterocycles. The van der Waals surface area contributed by atoms with E-state index in [2.05, 4.69) is 37.4 Å². The Bertz CT molecular complexity index is 451. The largest absolute Gasteiger partial charge is 0.409 e. The monoisotopic (exact) mass is 282 g/mol. The molecule has 0 bridgehead atoms. The van der Waals surface area contributed by atoms with Gasteiger partial charge in [0.15, 0.2) is 5.84 Å². The quantitative estimate of drug-likeness (QED) is 0.316. The van der Waals surface area contributed by atoms with Crippen LogP contribution in [-0.2, 0) is 7.05 Å². The average Bonchev–Trinajstić information content (AvgIpc) is 2.90. The molecule has 0 amide bonds. The first-order valence-electron chi connectivity index (χ1n) is 6.86. The number of anilines is 1. The Morgan fingerprint density at radius 3 is 2.60 bits per heavy atom. The fourth-order valence-corrected chi connectivity index (χ4v) is 2.58. The first-order valence-corrected chi connectivity index (χ1v) is 6.86. The standard InChI is InChI=1S/C11H22N8O/c1-3-4-9(10(12)14-20)18-5-7-19(8-6-18)11-13-15-16-17(11)2/h9,20H,3-8H2,1-2H3,(H2,12,14). The molecular formula is C11H22N8O. The van der Waals surface area contributed by atoms with Gasteiger partial charge in [0.1, 0.15) is 0 Å². The predicted molar refractivity (Wildman–Crippen MR) is 74.7 cm³/mol. The van der Waals surface area contributed by atoms with Crippen LogP contribution in [0.3, 0.4) is 0 Å². The Hall–Kier alpha value is -1.90. The Morgan fingerprint density at radius 1 is 1.40 bits per heavy atom. The van der Waals surface area contributed by atoms with Crippen LogP contribution >= 0.6 is 0 Å². The van der Waals surface area contributed by atoms with Crippen LogP contribution in [0, 0.1) is 0 Å². The van der Waals surface area contributed by atoms with Crippen molar-refractivity contribution in [2.75, 3.05) is 31.1 Å². The van der Waals surface area contributed by atoms with E-state index in [1.54, 1.807) is 4.68 Å². The summed E-state index contributed by atoms with van der Waals surface area (Å²) in [5.41, 5.74) is 5.80. The normalized spacial score (nSPS) is 19.3. The number of nitrogens with zero attached hydrogens (tertiary/aromatic N) is 7. The lowest BCUT2D eigenvalue weighted by Gasteiger charge is -2.38. The van der Waals surface area contributed by atoms with Gasteiger partial charge in [0, 0.05) is 33.2 Å². The van der Waals surface area contributed by atoms with E-state index in [1.165, 1.54) is 0 Å². The van der Waals surface area contributed by atoms with Gasteiger partial charge in [-0.2, -0.15) is 0 Å². The van der Waals surface area contributed by atoms with E-state index in [1.807, 2.05) is 7.05 Å². The lowest BCUT2D eigenvalue weighted by Crippen LogP contribution is -2.54. The first-order chi connectivity index (χ1) is 9.67. The number of hydrogen-bond acceptors (Lipinski definition) is 7. The predicted octanol–water partition coefficient (Wildman–Crippen LogP) is -0.753. The van der Waals surface area contributed by atoms with Gasteiger partial charge < -0.3 is 15.8 Å². The molecule has 1 aliphatic heterocycles. The highest BCUT2D eigenvalue weighted by Crippen LogP contribution is 2.15. The molecule has 1 aliphatic rings. The van der Waals surface area contributed by atoms with Gasteiger partial charge in [-0.15, -0.1) is 0 Å². The van der Waals surface area contributed by atoms with Crippen molar-refractivity contribution in [3.05, 3.63) is 0 Å². The fraction of sp³-hybridized carbons (Fsp3) is 0.818. The van der Waals surface area contributed by atoms with E-state index in [4.69, 9.17) is 10.9 Å². The van der Waals surface area contributed by atoms with Crippen LogP contribution in [0.2, 0.25) is 0 Å². The molecule has 112 valence electrons. The summed E-state index contributed by atoms with van der Waals surface area (Å²) in [6.45, 7) is 5.43. The SMILES string of the molecule is CCCC(C(N)=NO)N1CCN(c2nnnn2C)CC1. The first kappa shape index (κ1) is 14.5. The van der Waals surface area contributed by atoms with Gasteiger partial charge in [-0.05, 0) is 16.8 Å². The second-order valence-electron chi connectivity index (χ2n) is 4.95. The van der Waals surface area contributed by atoms with Gasteiger partial charge in [-0.25, -0.2) is 4.68 Å². The summed E-state index contributed by atoms with van der Waals surface area (Å²) < 4.78 is 1.67. The number of tetrazole rings is 1. The smallest absolute Gasteiger partial charge is 0.245 e. The summed E-state index contributed by atoms with van der Waals surface area (Å²) in [6, 6.07) is 0.00442. The summed E-state index contributed by atoms with van der Waals surface area (Å²) >= 11 is 0. The molecule has 1 unspecified atom stereocenters. The van der Waals surface area contributed by atoms with Crippen molar-refractivity contribution in [2.24, 2.45) is 17.9 Å². The number of rotatable bonds is 5. The number of hydrogen-bond donors (Lipinski definition) is 2. The summed E-state index contributed by atoms with van der Waals surface area (Å²) in [6.07, 6.45) is 1.88. The minimum absolute atomic E-state index is 0.00442. The molecule has 0 spiro atoms. The second kappa shape index (κ2) is 6.51. The van der Waals surface area contributed by atoms with Gasteiger partial charge in [-0.3, -0.25) is 4.90 Å². The van der Waals surface area contributed by atoms with Crippen molar-refractivity contribution in [2.45, 2.75) is 25.8 Å². The van der Waals surface area contributed by atoms with Crippen molar-refractivity contribution < 1.29 is 5.21 Å². The molecule has 20 heavy (non-hydrogen) atoms. The Balaban J connectivity index is 1.97. The zero-order valence-corrected chi connectivity index (χ0v) is 12.0. The van der Waals surface area contributed by atoms with E-state index >= 15 is 0 Å². The van der Waals surface area contributed by atoms with Crippen molar-refractivity contribution >= 4 is 11.8 Å². The van der Waals surface area contributed by atoms with E-state index in [9.17, 15) is 0 Å². The van der Waals surface area contributed by atoms with Crippen LogP contribution in [0.5, 0.6) is 0 Å². The number of aromatic nitrogens is 4. The molecule has 2 rings (SSSR count). The van der Waals surface area contributed by atoms with Gasteiger partial charge in [0.2, 0.25) is 5.95 Å². The molecule has 1 aromatic heterocycles. The molecule has 1 fully saturated rings. The molecule has 9 heteroatoms. The minimum atomic E-state index is 0.00442. The van der Waals surface area contributed by atoms with Crippen molar-refractivity contribution in [1.29, 1.82) is 0 Å². The lowest BCUT2D eigenvalue weighted by atomic mass is 10.1. The van der Waals surface area contributed by atoms with Crippen LogP contribution in [0.1, 0.15) is 19.8 Å². The maximum Gasteiger partial charge on any atom is 0.245 e. The highest BCUT2D eigenvalue weighted by molar-refractivity contribution is 5.85. The maximum absolute atomic E-state index is 8.90. The van der Waals surface area contributed by atoms with Crippen LogP contribution < -0.4 is 10.6 Å². The molecule has 0 aliphatic carbocycles. The number of aryl methyl sites for hydroxylation is 1. The molecule has 1 atom stereocenters. The molecule has 0 saturated carbocycles. The maximum atomic E-state index is 8.90. The molecule has 0 radical (unpaired) electrons. The zero-order valence-electron chi connectivity index (χ0n) is 12.0. The van der Waals surface area contributed by atoms with E-state index in [0.717, 1.165) is 45.0 Å². The highest BCUT2D eigenvalue weighted by Gasteiger charge is 2.27. The van der Waals surface area contributed by atoms with Gasteiger partial charge in [-0.1, -0.05) is 23.6 Å². The van der Waals surface area contributed by atoms with Crippen molar-refractivity contribution in [3.8, 4) is 0 Å². The number of amidine groups is 1. The van der Waals surface area contributed by atoms with E-state index in [0.29, 0.717) is 5.84 Å². The third-order valence-electron chi connectivity index (χ3n) is 3.65. The zero-order chi connectivity index (χ0) is 14.5. The molecule has 1 saturated heterocycles. The fourth-order valence-electron chi connectivity index (χ4n) is 2.58. The minimum Gasteiger partial charge on any atom is -0.409 e. The number of nitrogens with two attached hydrogens (primary N) is 1. The van der Waals surface area contributed by atoms with Crippen LogP contribution in [0.4, 0.5) is 5.95 Å². The van der Waals surface area contributed by atoms with Crippen LogP contribution in [-0.4, -0.2) is 68.4 Å². The average molecular weight is 282 g/mol. The van der Waals surface area contributed by atoms with Gasteiger partial charge in [0.25, 0.3) is 0 Å².